The van der Waals surface area contributed by atoms with E-state index >= 15 is 0 Å². The van der Waals surface area contributed by atoms with Gasteiger partial charge in [0.25, 0.3) is 0 Å². The Morgan fingerprint density at radius 1 is 1.42 bits per heavy atom. The number of primary sulfonamides is 1. The van der Waals surface area contributed by atoms with Crippen LogP contribution < -0.4 is 10.5 Å². The summed E-state index contributed by atoms with van der Waals surface area (Å²) in [6.45, 7) is 4.79. The molecule has 1 aromatic rings. The van der Waals surface area contributed by atoms with E-state index in [1.807, 2.05) is 25.6 Å². The molecule has 2 rings (SSSR count). The van der Waals surface area contributed by atoms with Crippen molar-refractivity contribution in [2.24, 2.45) is 11.1 Å². The second-order valence-electron chi connectivity index (χ2n) is 5.07. The van der Waals surface area contributed by atoms with Crippen LogP contribution in [0.25, 0.3) is 0 Å². The van der Waals surface area contributed by atoms with Crippen molar-refractivity contribution in [1.82, 2.24) is 0 Å². The molecule has 1 heterocycles. The number of nitrogens with two attached hydrogens (primary N) is 1. The molecule has 3 N–H and O–H groups in total. The molecule has 0 radical (unpaired) electrons. The molecule has 1 aliphatic rings. The zero-order valence-electron chi connectivity index (χ0n) is 11.3. The molecule has 1 saturated heterocycles. The number of hydrogen-bond acceptors (Lipinski definition) is 4. The molecule has 1 unspecified atom stereocenters. The van der Waals surface area contributed by atoms with Crippen molar-refractivity contribution in [2.45, 2.75) is 25.2 Å². The minimum atomic E-state index is -3.65. The molecule has 19 heavy (non-hydrogen) atoms. The van der Waals surface area contributed by atoms with Gasteiger partial charge in [-0.3, -0.25) is 0 Å². The van der Waals surface area contributed by atoms with Crippen LogP contribution in [0.4, 0.5) is 5.69 Å². The molecule has 106 valence electrons. The molecule has 1 aliphatic heterocycles. The number of benzene rings is 1. The molecule has 0 spiro atoms. The predicted molar refractivity (Wildman–Crippen MR) is 81.2 cm³/mol. The van der Waals surface area contributed by atoms with Gasteiger partial charge in [0.1, 0.15) is 0 Å². The summed E-state index contributed by atoms with van der Waals surface area (Å²) in [5, 5.41) is 8.58. The fraction of sp³-hybridized carbons (Fsp3) is 0.538. The van der Waals surface area contributed by atoms with Crippen molar-refractivity contribution in [3.05, 3.63) is 23.3 Å². The normalized spacial score (nSPS) is 19.6. The summed E-state index contributed by atoms with van der Waals surface area (Å²) in [6.07, 6.45) is 1.23. The Balaban J connectivity index is 2.20. The molecular weight excluding hydrogens is 280 g/mol. The molecule has 0 bridgehead atoms. The summed E-state index contributed by atoms with van der Waals surface area (Å²) in [7, 11) is -3.65. The van der Waals surface area contributed by atoms with Crippen LogP contribution in [0.3, 0.4) is 0 Å². The Kier molecular flexibility index (Phi) is 4.43. The van der Waals surface area contributed by atoms with Gasteiger partial charge in [0, 0.05) is 12.2 Å². The van der Waals surface area contributed by atoms with Crippen molar-refractivity contribution in [3.63, 3.8) is 0 Å². The number of rotatable bonds is 4. The molecule has 0 saturated carbocycles. The number of thioether (sulfide) groups is 1. The van der Waals surface area contributed by atoms with Gasteiger partial charge in [-0.05, 0) is 61.0 Å². The fourth-order valence-corrected chi connectivity index (χ4v) is 4.08. The van der Waals surface area contributed by atoms with Crippen LogP contribution in [0, 0.1) is 19.8 Å². The summed E-state index contributed by atoms with van der Waals surface area (Å²) in [4.78, 5) is 0.180. The van der Waals surface area contributed by atoms with Crippen LogP contribution in [0.5, 0.6) is 0 Å². The average Bonchev–Trinajstić information content (AvgIpc) is 2.82. The Morgan fingerprint density at radius 3 is 2.74 bits per heavy atom. The Hall–Kier alpha value is -0.720. The lowest BCUT2D eigenvalue weighted by Crippen LogP contribution is -2.16. The molecule has 0 aromatic heterocycles. The number of hydrogen-bond donors (Lipinski definition) is 2. The molecule has 1 aromatic carbocycles. The SMILES string of the molecule is Cc1cc(S(N)(=O)=O)cc(NCC2CCSC2)c1C. The lowest BCUT2D eigenvalue weighted by atomic mass is 10.1. The molecule has 1 atom stereocenters. The summed E-state index contributed by atoms with van der Waals surface area (Å²) >= 11 is 1.98. The van der Waals surface area contributed by atoms with Crippen molar-refractivity contribution in [2.75, 3.05) is 23.4 Å². The van der Waals surface area contributed by atoms with Crippen LogP contribution in [0.1, 0.15) is 17.5 Å². The number of anilines is 1. The van der Waals surface area contributed by atoms with E-state index in [2.05, 4.69) is 5.32 Å². The first-order chi connectivity index (χ1) is 8.88. The molecule has 0 aliphatic carbocycles. The quantitative estimate of drug-likeness (QED) is 0.893. The van der Waals surface area contributed by atoms with Crippen LogP contribution in [0.2, 0.25) is 0 Å². The van der Waals surface area contributed by atoms with Crippen molar-refractivity contribution in [1.29, 1.82) is 0 Å². The molecule has 6 heteroatoms. The highest BCUT2D eigenvalue weighted by atomic mass is 32.2. The van der Waals surface area contributed by atoms with E-state index in [-0.39, 0.29) is 4.90 Å². The lowest BCUT2D eigenvalue weighted by molar-refractivity contribution is 0.597. The van der Waals surface area contributed by atoms with E-state index in [4.69, 9.17) is 5.14 Å². The third-order valence-corrected chi connectivity index (χ3v) is 5.70. The highest BCUT2D eigenvalue weighted by molar-refractivity contribution is 7.99. The Morgan fingerprint density at radius 2 is 2.16 bits per heavy atom. The van der Waals surface area contributed by atoms with Gasteiger partial charge in [0.05, 0.1) is 4.90 Å². The van der Waals surface area contributed by atoms with Crippen molar-refractivity contribution in [3.8, 4) is 0 Å². The smallest absolute Gasteiger partial charge is 0.238 e. The second kappa shape index (κ2) is 5.73. The number of nitrogens with one attached hydrogen (secondary N) is 1. The molecule has 4 nitrogen and oxygen atoms in total. The van der Waals surface area contributed by atoms with Crippen molar-refractivity contribution >= 4 is 27.5 Å². The highest BCUT2D eigenvalue weighted by Crippen LogP contribution is 2.27. The third-order valence-electron chi connectivity index (χ3n) is 3.57. The largest absolute Gasteiger partial charge is 0.384 e. The summed E-state index contributed by atoms with van der Waals surface area (Å²) < 4.78 is 22.9. The highest BCUT2D eigenvalue weighted by Gasteiger charge is 2.17. The standard InChI is InChI=1S/C13H20N2O2S2/c1-9-5-12(19(14,16)17)6-13(10(9)2)15-7-11-3-4-18-8-11/h5-6,11,15H,3-4,7-8H2,1-2H3,(H2,14,16,17). The first-order valence-electron chi connectivity index (χ1n) is 6.33. The summed E-state index contributed by atoms with van der Waals surface area (Å²) in [5.41, 5.74) is 2.90. The van der Waals surface area contributed by atoms with Gasteiger partial charge in [0.15, 0.2) is 0 Å². The minimum Gasteiger partial charge on any atom is -0.384 e. The van der Waals surface area contributed by atoms with E-state index in [1.54, 1.807) is 12.1 Å². The van der Waals surface area contributed by atoms with E-state index in [0.29, 0.717) is 5.92 Å². The molecular formula is C13H20N2O2S2. The monoisotopic (exact) mass is 300 g/mol. The lowest BCUT2D eigenvalue weighted by Gasteiger charge is -2.16. The van der Waals surface area contributed by atoms with Crippen LogP contribution in [-0.4, -0.2) is 26.5 Å². The van der Waals surface area contributed by atoms with E-state index in [0.717, 1.165) is 23.4 Å². The number of sulfonamides is 1. The minimum absolute atomic E-state index is 0.180. The van der Waals surface area contributed by atoms with Gasteiger partial charge in [-0.1, -0.05) is 0 Å². The average molecular weight is 300 g/mol. The molecule has 0 amide bonds. The van der Waals surface area contributed by atoms with Gasteiger partial charge in [-0.2, -0.15) is 11.8 Å². The van der Waals surface area contributed by atoms with E-state index in [1.165, 1.54) is 17.9 Å². The van der Waals surface area contributed by atoms with E-state index < -0.39 is 10.0 Å². The first-order valence-corrected chi connectivity index (χ1v) is 9.03. The fourth-order valence-electron chi connectivity index (χ4n) is 2.17. The topological polar surface area (TPSA) is 72.2 Å². The van der Waals surface area contributed by atoms with Crippen molar-refractivity contribution < 1.29 is 8.42 Å². The first kappa shape index (κ1) is 14.7. The maximum absolute atomic E-state index is 11.5. The molecule has 1 fully saturated rings. The summed E-state index contributed by atoms with van der Waals surface area (Å²) in [5.74, 6) is 3.07. The van der Waals surface area contributed by atoms with Crippen LogP contribution in [-0.2, 0) is 10.0 Å². The van der Waals surface area contributed by atoms with E-state index in [9.17, 15) is 8.42 Å². The Bertz CT molecular complexity index is 564. The van der Waals surface area contributed by atoms with Gasteiger partial charge in [-0.25, -0.2) is 13.6 Å². The number of aryl methyl sites for hydroxylation is 1. The third kappa shape index (κ3) is 3.64. The van der Waals surface area contributed by atoms with Gasteiger partial charge in [-0.15, -0.1) is 0 Å². The van der Waals surface area contributed by atoms with Crippen LogP contribution in [0.15, 0.2) is 17.0 Å². The predicted octanol–water partition coefficient (Wildman–Crippen LogP) is 2.12. The van der Waals surface area contributed by atoms with Gasteiger partial charge < -0.3 is 5.32 Å². The zero-order chi connectivity index (χ0) is 14.0. The maximum Gasteiger partial charge on any atom is 0.238 e. The van der Waals surface area contributed by atoms with Crippen LogP contribution >= 0.6 is 11.8 Å². The zero-order valence-corrected chi connectivity index (χ0v) is 12.9. The van der Waals surface area contributed by atoms with Gasteiger partial charge >= 0.3 is 0 Å². The van der Waals surface area contributed by atoms with Gasteiger partial charge in [0.2, 0.25) is 10.0 Å². The Labute approximate surface area is 119 Å². The maximum atomic E-state index is 11.5. The summed E-state index contributed by atoms with van der Waals surface area (Å²) in [6, 6.07) is 3.26. The second-order valence-corrected chi connectivity index (χ2v) is 7.78.